The Kier molecular flexibility index (Phi) is 5.14. The zero-order valence-electron chi connectivity index (χ0n) is 11.3. The number of rotatable bonds is 0. The average molecular weight is 280 g/mol. The molecule has 0 aromatic carbocycles. The van der Waals surface area contributed by atoms with Gasteiger partial charge in [0.2, 0.25) is 0 Å². The normalized spacial score (nSPS) is 27.2. The quantitative estimate of drug-likeness (QED) is 0.476. The van der Waals surface area contributed by atoms with Gasteiger partial charge in [-0.2, -0.15) is 0 Å². The molecule has 1 atom stereocenters. The van der Waals surface area contributed by atoms with Crippen molar-refractivity contribution in [3.05, 3.63) is 0 Å². The molecule has 2 aliphatic rings. The molecule has 0 radical (unpaired) electrons. The van der Waals surface area contributed by atoms with E-state index in [-0.39, 0.29) is 0 Å². The summed E-state index contributed by atoms with van der Waals surface area (Å²) < 4.78 is 36.6. The van der Waals surface area contributed by atoms with E-state index in [0.717, 1.165) is 5.92 Å². The minimum Gasteiger partial charge on any atom is -0.236 e. The van der Waals surface area contributed by atoms with Crippen LogP contribution in [0, 0.1) is 21.6 Å². The molecule has 2 heterocycles. The fourth-order valence-electron chi connectivity index (χ4n) is 3.32. The lowest BCUT2D eigenvalue weighted by Gasteiger charge is -2.35. The summed E-state index contributed by atoms with van der Waals surface area (Å²) in [6, 6.07) is 0. The van der Waals surface area contributed by atoms with Gasteiger partial charge in [-0.15, -0.1) is 10.2 Å². The molecule has 106 valence electrons. The van der Waals surface area contributed by atoms with Crippen molar-refractivity contribution in [2.45, 2.75) is 46.5 Å². The highest BCUT2D eigenvalue weighted by Gasteiger charge is 2.41. The molecule has 0 aromatic rings. The first-order valence-corrected chi connectivity index (χ1v) is 7.59. The standard InChI is InChI=1S/C12H22N.ClHO4/c1-10-6-4-8-13-9-5-7-12(2,3)11(10)13;2-1(3,4)5/h10H,4-9H2,1-3H3;(H,2,3,4,5)/q+1;/p-1. The fourth-order valence-corrected chi connectivity index (χ4v) is 3.32. The molecule has 0 saturated carbocycles. The van der Waals surface area contributed by atoms with Gasteiger partial charge in [0, 0.05) is 24.2 Å². The number of halogens is 1. The van der Waals surface area contributed by atoms with Gasteiger partial charge in [-0.3, -0.25) is 0 Å². The van der Waals surface area contributed by atoms with Gasteiger partial charge in [-0.25, -0.2) is 23.2 Å². The van der Waals surface area contributed by atoms with Crippen LogP contribution in [0.15, 0.2) is 0 Å². The van der Waals surface area contributed by atoms with Crippen LogP contribution in [0.25, 0.3) is 0 Å². The summed E-state index contributed by atoms with van der Waals surface area (Å²) in [5.41, 5.74) is 2.24. The van der Waals surface area contributed by atoms with Crippen molar-refractivity contribution in [1.82, 2.24) is 0 Å². The van der Waals surface area contributed by atoms with Crippen LogP contribution in [0.1, 0.15) is 46.5 Å². The van der Waals surface area contributed by atoms with Gasteiger partial charge >= 0.3 is 0 Å². The maximum absolute atomic E-state index is 8.49. The third-order valence-electron chi connectivity index (χ3n) is 3.80. The van der Waals surface area contributed by atoms with Crippen LogP contribution in [-0.2, 0) is 0 Å². The number of hydrogen-bond acceptors (Lipinski definition) is 4. The van der Waals surface area contributed by atoms with Crippen molar-refractivity contribution in [1.29, 1.82) is 0 Å². The third-order valence-corrected chi connectivity index (χ3v) is 3.80. The average Bonchev–Trinajstić information content (AvgIpc) is 2.13. The third kappa shape index (κ3) is 4.82. The molecule has 2 aliphatic heterocycles. The predicted octanol–water partition coefficient (Wildman–Crippen LogP) is -2.07. The van der Waals surface area contributed by atoms with Gasteiger partial charge in [0.1, 0.15) is 13.1 Å². The smallest absolute Gasteiger partial charge is 0.160 e. The van der Waals surface area contributed by atoms with E-state index in [9.17, 15) is 0 Å². The molecule has 0 N–H and O–H groups in total. The summed E-state index contributed by atoms with van der Waals surface area (Å²) in [6.07, 6.45) is 5.60. The Labute approximate surface area is 110 Å². The first-order valence-electron chi connectivity index (χ1n) is 6.35. The molecule has 0 spiro atoms. The molecule has 18 heavy (non-hydrogen) atoms. The van der Waals surface area contributed by atoms with Crippen LogP contribution in [-0.4, -0.2) is 23.4 Å². The second kappa shape index (κ2) is 5.84. The van der Waals surface area contributed by atoms with E-state index in [1.165, 1.54) is 38.8 Å². The topological polar surface area (TPSA) is 95.2 Å². The van der Waals surface area contributed by atoms with Crippen molar-refractivity contribution in [3.63, 3.8) is 0 Å². The SMILES string of the molecule is CC1CCC[N+]2=C1C(C)(C)CCC2.[O-][Cl+3]([O-])([O-])[O-]. The minimum absolute atomic E-state index is 0.484. The Balaban J connectivity index is 0.000000280. The van der Waals surface area contributed by atoms with Crippen molar-refractivity contribution >= 4 is 5.71 Å². The number of nitrogens with zero attached hydrogens (tertiary/aromatic N) is 1. The largest absolute Gasteiger partial charge is 0.236 e. The second-order valence-corrected chi connectivity index (χ2v) is 6.54. The van der Waals surface area contributed by atoms with E-state index < -0.39 is 10.2 Å². The van der Waals surface area contributed by atoms with E-state index in [0.29, 0.717) is 5.41 Å². The van der Waals surface area contributed by atoms with Gasteiger partial charge in [0.25, 0.3) is 0 Å². The molecule has 0 fully saturated rings. The fraction of sp³-hybridized carbons (Fsp3) is 0.917. The summed E-state index contributed by atoms with van der Waals surface area (Å²) >= 11 is 0. The van der Waals surface area contributed by atoms with Crippen molar-refractivity contribution < 1.29 is 33.5 Å². The summed E-state index contributed by atoms with van der Waals surface area (Å²) in [6.45, 7) is 9.91. The van der Waals surface area contributed by atoms with Gasteiger partial charge < -0.3 is 0 Å². The zero-order valence-corrected chi connectivity index (χ0v) is 12.0. The van der Waals surface area contributed by atoms with Crippen LogP contribution in [0.5, 0.6) is 0 Å². The summed E-state index contributed by atoms with van der Waals surface area (Å²) in [7, 11) is -4.94. The lowest BCUT2D eigenvalue weighted by Crippen LogP contribution is -2.68. The van der Waals surface area contributed by atoms with Gasteiger partial charge in [0.15, 0.2) is 5.71 Å². The predicted molar refractivity (Wildman–Crippen MR) is 56.4 cm³/mol. The van der Waals surface area contributed by atoms with Gasteiger partial charge in [-0.05, 0) is 12.8 Å². The van der Waals surface area contributed by atoms with Crippen LogP contribution in [0.4, 0.5) is 0 Å². The second-order valence-electron chi connectivity index (χ2n) is 5.78. The number of hydrogen-bond donors (Lipinski definition) is 0. The first-order chi connectivity index (χ1) is 8.11. The summed E-state index contributed by atoms with van der Waals surface area (Å²) in [4.78, 5) is 0. The van der Waals surface area contributed by atoms with E-state index in [4.69, 9.17) is 18.6 Å². The molecule has 0 bridgehead atoms. The first kappa shape index (κ1) is 15.9. The monoisotopic (exact) mass is 279 g/mol. The lowest BCUT2D eigenvalue weighted by molar-refractivity contribution is -2.00. The zero-order chi connectivity index (χ0) is 14.0. The minimum atomic E-state index is -4.94. The molecule has 0 saturated heterocycles. The summed E-state index contributed by atoms with van der Waals surface area (Å²) in [5.74, 6) is 0.837. The molecular weight excluding hydrogens is 258 g/mol. The molecule has 0 amide bonds. The molecule has 0 aliphatic carbocycles. The van der Waals surface area contributed by atoms with E-state index in [1.54, 1.807) is 5.71 Å². The van der Waals surface area contributed by atoms with E-state index in [2.05, 4.69) is 25.3 Å². The Bertz CT molecular complexity index is 313. The van der Waals surface area contributed by atoms with Crippen molar-refractivity contribution in [2.75, 3.05) is 13.1 Å². The highest BCUT2D eigenvalue weighted by atomic mass is 35.7. The highest BCUT2D eigenvalue weighted by Crippen LogP contribution is 2.34. The summed E-state index contributed by atoms with van der Waals surface area (Å²) in [5, 5.41) is 0. The Morgan fingerprint density at radius 2 is 1.61 bits per heavy atom. The maximum Gasteiger partial charge on any atom is 0.160 e. The lowest BCUT2D eigenvalue weighted by atomic mass is 9.73. The van der Waals surface area contributed by atoms with Crippen LogP contribution in [0.3, 0.4) is 0 Å². The van der Waals surface area contributed by atoms with Crippen LogP contribution in [0.2, 0.25) is 0 Å². The molecule has 1 unspecified atom stereocenters. The molecule has 5 nitrogen and oxygen atoms in total. The van der Waals surface area contributed by atoms with Crippen LogP contribution >= 0.6 is 0 Å². The molecule has 0 aromatic heterocycles. The highest BCUT2D eigenvalue weighted by molar-refractivity contribution is 5.87. The Morgan fingerprint density at radius 1 is 1.11 bits per heavy atom. The van der Waals surface area contributed by atoms with Gasteiger partial charge in [0.05, 0.1) is 0 Å². The molecule has 2 rings (SSSR count). The Morgan fingerprint density at radius 3 is 2.11 bits per heavy atom. The van der Waals surface area contributed by atoms with Crippen molar-refractivity contribution in [2.24, 2.45) is 11.3 Å². The van der Waals surface area contributed by atoms with E-state index in [1.807, 2.05) is 0 Å². The van der Waals surface area contributed by atoms with Crippen LogP contribution < -0.4 is 18.6 Å². The molecule has 6 heteroatoms. The van der Waals surface area contributed by atoms with E-state index >= 15 is 0 Å². The van der Waals surface area contributed by atoms with Crippen molar-refractivity contribution in [3.8, 4) is 0 Å². The maximum atomic E-state index is 8.49. The Hall–Kier alpha value is -0.200. The molecular formula is C12H22ClNO4. The van der Waals surface area contributed by atoms with Gasteiger partial charge in [-0.1, -0.05) is 20.8 Å².